The zero-order valence-electron chi connectivity index (χ0n) is 12.4. The molecule has 0 saturated carbocycles. The van der Waals surface area contributed by atoms with Crippen LogP contribution in [0.2, 0.25) is 0 Å². The van der Waals surface area contributed by atoms with Crippen molar-refractivity contribution >= 4 is 15.9 Å². The molecule has 0 fully saturated rings. The van der Waals surface area contributed by atoms with Gasteiger partial charge in [0.1, 0.15) is 16.6 Å². The van der Waals surface area contributed by atoms with Crippen LogP contribution in [0.3, 0.4) is 0 Å². The van der Waals surface area contributed by atoms with Crippen LogP contribution in [0.5, 0.6) is 0 Å². The summed E-state index contributed by atoms with van der Waals surface area (Å²) >= 11 is 0. The normalized spacial score (nSPS) is 13.5. The highest BCUT2D eigenvalue weighted by Crippen LogP contribution is 2.19. The van der Waals surface area contributed by atoms with E-state index in [9.17, 15) is 13.2 Å². The molecule has 20 heavy (non-hydrogen) atoms. The summed E-state index contributed by atoms with van der Waals surface area (Å²) in [5, 5.41) is 6.08. The molecule has 1 amide bonds. The number of hydrogen-bond donors (Lipinski definition) is 2. The van der Waals surface area contributed by atoms with Crippen LogP contribution in [0, 0.1) is 19.8 Å². The van der Waals surface area contributed by atoms with E-state index in [2.05, 4.69) is 15.2 Å². The maximum absolute atomic E-state index is 12.4. The van der Waals surface area contributed by atoms with E-state index in [0.29, 0.717) is 6.42 Å². The molecule has 0 spiro atoms. The van der Waals surface area contributed by atoms with Gasteiger partial charge in [-0.1, -0.05) is 19.0 Å². The summed E-state index contributed by atoms with van der Waals surface area (Å²) in [6, 6.07) is -0.821. The number of amides is 1. The fourth-order valence-corrected chi connectivity index (χ4v) is 3.50. The van der Waals surface area contributed by atoms with Crippen molar-refractivity contribution in [1.29, 1.82) is 0 Å². The first kappa shape index (κ1) is 16.6. The van der Waals surface area contributed by atoms with Gasteiger partial charge in [-0.3, -0.25) is 4.79 Å². The molecule has 2 N–H and O–H groups in total. The van der Waals surface area contributed by atoms with Crippen molar-refractivity contribution in [2.45, 2.75) is 45.1 Å². The summed E-state index contributed by atoms with van der Waals surface area (Å²) in [6.45, 7) is 6.90. The minimum atomic E-state index is -3.85. The monoisotopic (exact) mass is 303 g/mol. The minimum absolute atomic E-state index is 0.00448. The van der Waals surface area contributed by atoms with E-state index in [4.69, 9.17) is 4.52 Å². The van der Waals surface area contributed by atoms with Gasteiger partial charge >= 0.3 is 0 Å². The van der Waals surface area contributed by atoms with Crippen molar-refractivity contribution < 1.29 is 17.7 Å². The second-order valence-electron chi connectivity index (χ2n) is 5.07. The molecule has 114 valence electrons. The zero-order valence-corrected chi connectivity index (χ0v) is 13.2. The third kappa shape index (κ3) is 3.80. The second kappa shape index (κ2) is 6.36. The summed E-state index contributed by atoms with van der Waals surface area (Å²) in [4.78, 5) is 11.8. The van der Waals surface area contributed by atoms with E-state index >= 15 is 0 Å². The van der Waals surface area contributed by atoms with Crippen molar-refractivity contribution in [3.63, 3.8) is 0 Å². The fourth-order valence-electron chi connectivity index (χ4n) is 1.96. The molecule has 1 atom stereocenters. The van der Waals surface area contributed by atoms with E-state index in [1.165, 1.54) is 14.0 Å². The van der Waals surface area contributed by atoms with Gasteiger partial charge in [-0.25, -0.2) is 8.42 Å². The van der Waals surface area contributed by atoms with Crippen molar-refractivity contribution in [2.75, 3.05) is 7.05 Å². The Morgan fingerprint density at radius 3 is 2.35 bits per heavy atom. The number of likely N-dealkylation sites (N-methyl/N-ethyl adjacent to an activating group) is 1. The molecule has 1 unspecified atom stereocenters. The van der Waals surface area contributed by atoms with Crippen LogP contribution in [0.25, 0.3) is 0 Å². The van der Waals surface area contributed by atoms with Crippen molar-refractivity contribution in [2.24, 2.45) is 5.92 Å². The van der Waals surface area contributed by atoms with Crippen molar-refractivity contribution in [3.05, 3.63) is 11.5 Å². The van der Waals surface area contributed by atoms with Crippen LogP contribution < -0.4 is 10.0 Å². The molecule has 1 aromatic rings. The zero-order chi connectivity index (χ0) is 15.5. The average molecular weight is 303 g/mol. The molecule has 0 aliphatic heterocycles. The van der Waals surface area contributed by atoms with Crippen LogP contribution in [0.15, 0.2) is 9.42 Å². The Balaban J connectivity index is 3.06. The largest absolute Gasteiger partial charge is 0.360 e. The van der Waals surface area contributed by atoms with Crippen LogP contribution in [0.1, 0.15) is 31.7 Å². The van der Waals surface area contributed by atoms with Crippen molar-refractivity contribution in [3.8, 4) is 0 Å². The summed E-state index contributed by atoms with van der Waals surface area (Å²) < 4.78 is 32.0. The number of aryl methyl sites for hydroxylation is 2. The van der Waals surface area contributed by atoms with E-state index in [-0.39, 0.29) is 28.2 Å². The van der Waals surface area contributed by atoms with E-state index in [1.54, 1.807) is 6.92 Å². The Hall–Kier alpha value is -1.41. The lowest BCUT2D eigenvalue weighted by molar-refractivity contribution is -0.122. The highest BCUT2D eigenvalue weighted by molar-refractivity contribution is 7.89. The molecule has 0 aliphatic rings. The number of nitrogens with one attached hydrogen (secondary N) is 2. The molecule has 0 aliphatic carbocycles. The molecule has 1 rings (SSSR count). The van der Waals surface area contributed by atoms with Crippen LogP contribution >= 0.6 is 0 Å². The van der Waals surface area contributed by atoms with Gasteiger partial charge in [0.2, 0.25) is 15.9 Å². The van der Waals surface area contributed by atoms with Crippen LogP contribution in [-0.4, -0.2) is 32.6 Å². The third-order valence-electron chi connectivity index (χ3n) is 2.80. The number of aromatic nitrogens is 1. The fraction of sp³-hybridized carbons (Fsp3) is 0.667. The lowest BCUT2D eigenvalue weighted by Crippen LogP contribution is -2.46. The minimum Gasteiger partial charge on any atom is -0.360 e. The van der Waals surface area contributed by atoms with Crippen LogP contribution in [-0.2, 0) is 14.8 Å². The summed E-state index contributed by atoms with van der Waals surface area (Å²) in [6.07, 6.45) is 0.405. The molecule has 0 saturated heterocycles. The molecule has 0 radical (unpaired) electrons. The Morgan fingerprint density at radius 2 is 1.95 bits per heavy atom. The lowest BCUT2D eigenvalue weighted by Gasteiger charge is -2.18. The van der Waals surface area contributed by atoms with Gasteiger partial charge in [0.05, 0.1) is 0 Å². The molecule has 0 aromatic carbocycles. The molecule has 7 nitrogen and oxygen atoms in total. The number of rotatable bonds is 6. The molecule has 8 heteroatoms. The smallest absolute Gasteiger partial charge is 0.246 e. The first-order valence-corrected chi connectivity index (χ1v) is 7.84. The first-order chi connectivity index (χ1) is 9.19. The Morgan fingerprint density at radius 1 is 1.35 bits per heavy atom. The molecule has 1 heterocycles. The number of carbonyl (C=O) groups is 1. The highest BCUT2D eigenvalue weighted by Gasteiger charge is 2.30. The SMILES string of the molecule is CNC(=O)C(CC(C)C)NS(=O)(=O)c1c(C)noc1C. The standard InChI is InChI=1S/C12H21N3O4S/c1-7(2)6-10(12(16)13-5)15-20(17,18)11-8(3)14-19-9(11)4/h7,10,15H,6H2,1-5H3,(H,13,16). The highest BCUT2D eigenvalue weighted by atomic mass is 32.2. The van der Waals surface area contributed by atoms with Crippen LogP contribution in [0.4, 0.5) is 0 Å². The molecular formula is C12H21N3O4S. The van der Waals surface area contributed by atoms with Gasteiger partial charge in [0.25, 0.3) is 0 Å². The van der Waals surface area contributed by atoms with Crippen molar-refractivity contribution in [1.82, 2.24) is 15.2 Å². The predicted octanol–water partition coefficient (Wildman–Crippen LogP) is 0.730. The molecule has 0 bridgehead atoms. The quantitative estimate of drug-likeness (QED) is 0.806. The number of carbonyl (C=O) groups excluding carboxylic acids is 1. The van der Waals surface area contributed by atoms with E-state index in [0.717, 1.165) is 0 Å². The van der Waals surface area contributed by atoms with Gasteiger partial charge in [-0.05, 0) is 26.2 Å². The van der Waals surface area contributed by atoms with Gasteiger partial charge in [0, 0.05) is 7.05 Å². The predicted molar refractivity (Wildman–Crippen MR) is 73.6 cm³/mol. The molecular weight excluding hydrogens is 282 g/mol. The third-order valence-corrected chi connectivity index (χ3v) is 4.52. The maximum atomic E-state index is 12.4. The number of nitrogens with zero attached hydrogens (tertiary/aromatic N) is 1. The summed E-state index contributed by atoms with van der Waals surface area (Å²) in [5.41, 5.74) is 0.273. The summed E-state index contributed by atoms with van der Waals surface area (Å²) in [7, 11) is -2.37. The number of sulfonamides is 1. The number of hydrogen-bond acceptors (Lipinski definition) is 5. The van der Waals surface area contributed by atoms with Gasteiger partial charge in [-0.2, -0.15) is 4.72 Å². The lowest BCUT2D eigenvalue weighted by atomic mass is 10.0. The van der Waals surface area contributed by atoms with E-state index in [1.807, 2.05) is 13.8 Å². The van der Waals surface area contributed by atoms with E-state index < -0.39 is 16.1 Å². The van der Waals surface area contributed by atoms with Gasteiger partial charge in [-0.15, -0.1) is 0 Å². The average Bonchev–Trinajstić information content (AvgIpc) is 2.66. The van der Waals surface area contributed by atoms with Gasteiger partial charge < -0.3 is 9.84 Å². The second-order valence-corrected chi connectivity index (χ2v) is 6.72. The van der Waals surface area contributed by atoms with Gasteiger partial charge in [0.15, 0.2) is 5.76 Å². The molecule has 1 aromatic heterocycles. The summed E-state index contributed by atoms with van der Waals surface area (Å²) in [5.74, 6) is 0.00825. The topological polar surface area (TPSA) is 101 Å². The first-order valence-electron chi connectivity index (χ1n) is 6.35. The maximum Gasteiger partial charge on any atom is 0.246 e. The Bertz CT molecular complexity index is 558. The Kier molecular flexibility index (Phi) is 5.29. The Labute approximate surface area is 119 Å².